The number of nitriles is 1. The summed E-state index contributed by atoms with van der Waals surface area (Å²) in [6.07, 6.45) is 0. The Balaban J connectivity index is 2.19. The van der Waals surface area contributed by atoms with Gasteiger partial charge in [-0.25, -0.2) is 4.39 Å². The third-order valence-corrected chi connectivity index (χ3v) is 3.49. The van der Waals surface area contributed by atoms with Gasteiger partial charge in [-0.15, -0.1) is 0 Å². The van der Waals surface area contributed by atoms with E-state index in [1.807, 2.05) is 24.6 Å². The molecule has 0 unspecified atom stereocenters. The molecule has 0 bridgehead atoms. The predicted molar refractivity (Wildman–Crippen MR) is 76.1 cm³/mol. The van der Waals surface area contributed by atoms with Crippen molar-refractivity contribution in [3.8, 4) is 6.07 Å². The lowest BCUT2D eigenvalue weighted by Crippen LogP contribution is -2.08. The lowest BCUT2D eigenvalue weighted by molar-refractivity contribution is 0.621. The van der Waals surface area contributed by atoms with Gasteiger partial charge >= 0.3 is 0 Å². The SMILES string of the molecule is CCn1nc(C)c(Cl)c1CNc1ccc(F)c(C#N)c1. The molecule has 104 valence electrons. The molecule has 0 radical (unpaired) electrons. The summed E-state index contributed by atoms with van der Waals surface area (Å²) in [5.74, 6) is -0.523. The minimum absolute atomic E-state index is 0.0151. The van der Waals surface area contributed by atoms with E-state index < -0.39 is 5.82 Å². The molecular weight excluding hydrogens is 279 g/mol. The number of aromatic nitrogens is 2. The van der Waals surface area contributed by atoms with E-state index in [9.17, 15) is 4.39 Å². The molecule has 1 N–H and O–H groups in total. The Morgan fingerprint density at radius 3 is 2.90 bits per heavy atom. The summed E-state index contributed by atoms with van der Waals surface area (Å²) in [6, 6.07) is 6.14. The minimum Gasteiger partial charge on any atom is -0.379 e. The number of hydrogen-bond donors (Lipinski definition) is 1. The Morgan fingerprint density at radius 2 is 2.25 bits per heavy atom. The minimum atomic E-state index is -0.523. The number of halogens is 2. The predicted octanol–water partition coefficient (Wildman–Crippen LogP) is 3.49. The summed E-state index contributed by atoms with van der Waals surface area (Å²) >= 11 is 6.21. The van der Waals surface area contributed by atoms with Gasteiger partial charge in [0.25, 0.3) is 0 Å². The third kappa shape index (κ3) is 2.75. The smallest absolute Gasteiger partial charge is 0.141 e. The highest BCUT2D eigenvalue weighted by Gasteiger charge is 2.12. The average molecular weight is 293 g/mol. The lowest BCUT2D eigenvalue weighted by atomic mass is 10.2. The van der Waals surface area contributed by atoms with E-state index in [-0.39, 0.29) is 5.56 Å². The van der Waals surface area contributed by atoms with E-state index in [2.05, 4.69) is 10.4 Å². The fourth-order valence-electron chi connectivity index (χ4n) is 1.94. The van der Waals surface area contributed by atoms with Crippen LogP contribution in [0.5, 0.6) is 0 Å². The molecule has 0 aliphatic heterocycles. The van der Waals surface area contributed by atoms with E-state index in [0.717, 1.165) is 17.9 Å². The number of aryl methyl sites for hydroxylation is 2. The van der Waals surface area contributed by atoms with Crippen LogP contribution in [0.4, 0.5) is 10.1 Å². The van der Waals surface area contributed by atoms with E-state index in [4.69, 9.17) is 16.9 Å². The van der Waals surface area contributed by atoms with Crippen molar-refractivity contribution in [2.24, 2.45) is 0 Å². The Hall–Kier alpha value is -2.06. The van der Waals surface area contributed by atoms with Crippen LogP contribution >= 0.6 is 11.6 Å². The van der Waals surface area contributed by atoms with Gasteiger partial charge in [0.05, 0.1) is 28.5 Å². The molecule has 2 rings (SSSR count). The first-order valence-electron chi connectivity index (χ1n) is 6.22. The Bertz CT molecular complexity index is 673. The maximum atomic E-state index is 13.2. The molecule has 0 amide bonds. The van der Waals surface area contributed by atoms with Crippen LogP contribution < -0.4 is 5.32 Å². The normalized spacial score (nSPS) is 10.3. The van der Waals surface area contributed by atoms with Gasteiger partial charge in [0, 0.05) is 12.2 Å². The van der Waals surface area contributed by atoms with Crippen LogP contribution in [-0.4, -0.2) is 9.78 Å². The van der Waals surface area contributed by atoms with Gasteiger partial charge in [-0.05, 0) is 32.0 Å². The number of anilines is 1. The largest absolute Gasteiger partial charge is 0.379 e. The number of benzene rings is 1. The molecule has 1 aromatic carbocycles. The van der Waals surface area contributed by atoms with Gasteiger partial charge in [-0.2, -0.15) is 10.4 Å². The maximum Gasteiger partial charge on any atom is 0.141 e. The van der Waals surface area contributed by atoms with Crippen LogP contribution in [0, 0.1) is 24.1 Å². The molecule has 0 atom stereocenters. The summed E-state index contributed by atoms with van der Waals surface area (Å²) in [5.41, 5.74) is 2.33. The van der Waals surface area contributed by atoms with Crippen LogP contribution in [0.2, 0.25) is 5.02 Å². The van der Waals surface area contributed by atoms with E-state index >= 15 is 0 Å². The summed E-state index contributed by atoms with van der Waals surface area (Å²) in [7, 11) is 0. The van der Waals surface area contributed by atoms with Crippen molar-refractivity contribution < 1.29 is 4.39 Å². The van der Waals surface area contributed by atoms with Crippen LogP contribution in [-0.2, 0) is 13.1 Å². The summed E-state index contributed by atoms with van der Waals surface area (Å²) in [5, 5.41) is 16.9. The molecule has 0 aliphatic carbocycles. The van der Waals surface area contributed by atoms with Crippen LogP contribution in [0.1, 0.15) is 23.9 Å². The van der Waals surface area contributed by atoms with Crippen LogP contribution in [0.15, 0.2) is 18.2 Å². The molecule has 0 saturated heterocycles. The first-order valence-corrected chi connectivity index (χ1v) is 6.60. The molecule has 6 heteroatoms. The molecular formula is C14H14ClFN4. The highest BCUT2D eigenvalue weighted by atomic mass is 35.5. The van der Waals surface area contributed by atoms with Crippen LogP contribution in [0.3, 0.4) is 0 Å². The summed E-state index contributed by atoms with van der Waals surface area (Å²) in [4.78, 5) is 0. The molecule has 4 nitrogen and oxygen atoms in total. The number of hydrogen-bond acceptors (Lipinski definition) is 3. The standard InChI is InChI=1S/C14H14ClFN4/c1-3-20-13(14(15)9(2)19-20)8-18-11-4-5-12(16)10(6-11)7-17/h4-6,18H,3,8H2,1-2H3. The second-order valence-corrected chi connectivity index (χ2v) is 4.70. The summed E-state index contributed by atoms with van der Waals surface area (Å²) < 4.78 is 15.1. The van der Waals surface area contributed by atoms with Crippen molar-refractivity contribution in [2.45, 2.75) is 26.9 Å². The van der Waals surface area contributed by atoms with Gasteiger partial charge < -0.3 is 5.32 Å². The quantitative estimate of drug-likeness (QED) is 0.938. The second-order valence-electron chi connectivity index (χ2n) is 4.32. The highest BCUT2D eigenvalue weighted by molar-refractivity contribution is 6.31. The molecule has 0 spiro atoms. The zero-order valence-electron chi connectivity index (χ0n) is 11.2. The first-order chi connectivity index (χ1) is 9.56. The molecule has 0 aliphatic rings. The fraction of sp³-hybridized carbons (Fsp3) is 0.286. The zero-order valence-corrected chi connectivity index (χ0v) is 12.0. The van der Waals surface area contributed by atoms with E-state index in [0.29, 0.717) is 17.3 Å². The molecule has 0 fully saturated rings. The first kappa shape index (κ1) is 14.4. The Morgan fingerprint density at radius 1 is 1.50 bits per heavy atom. The molecule has 0 saturated carbocycles. The maximum absolute atomic E-state index is 13.2. The molecule has 20 heavy (non-hydrogen) atoms. The van der Waals surface area contributed by atoms with Crippen molar-refractivity contribution >= 4 is 17.3 Å². The molecule has 2 aromatic rings. The molecule has 1 heterocycles. The highest BCUT2D eigenvalue weighted by Crippen LogP contribution is 2.22. The Labute approximate surface area is 121 Å². The average Bonchev–Trinajstić information content (AvgIpc) is 2.73. The van der Waals surface area contributed by atoms with Crippen molar-refractivity contribution in [1.29, 1.82) is 5.26 Å². The monoisotopic (exact) mass is 292 g/mol. The summed E-state index contributed by atoms with van der Waals surface area (Å²) in [6.45, 7) is 5.02. The van der Waals surface area contributed by atoms with Gasteiger partial charge in [0.2, 0.25) is 0 Å². The van der Waals surface area contributed by atoms with Crippen molar-refractivity contribution in [3.63, 3.8) is 0 Å². The number of rotatable bonds is 4. The van der Waals surface area contributed by atoms with Gasteiger partial charge in [0.1, 0.15) is 11.9 Å². The number of nitrogens with zero attached hydrogens (tertiary/aromatic N) is 3. The van der Waals surface area contributed by atoms with Gasteiger partial charge in [0.15, 0.2) is 0 Å². The van der Waals surface area contributed by atoms with Crippen molar-refractivity contribution in [3.05, 3.63) is 46.0 Å². The van der Waals surface area contributed by atoms with Crippen molar-refractivity contribution in [1.82, 2.24) is 9.78 Å². The second kappa shape index (κ2) is 5.93. The Kier molecular flexibility index (Phi) is 4.26. The molecule has 1 aromatic heterocycles. The van der Waals surface area contributed by atoms with E-state index in [1.165, 1.54) is 12.1 Å². The van der Waals surface area contributed by atoms with Gasteiger partial charge in [-0.3, -0.25) is 4.68 Å². The topological polar surface area (TPSA) is 53.6 Å². The number of nitrogens with one attached hydrogen (secondary N) is 1. The third-order valence-electron chi connectivity index (χ3n) is 3.00. The lowest BCUT2D eigenvalue weighted by Gasteiger charge is -2.09. The van der Waals surface area contributed by atoms with Crippen molar-refractivity contribution in [2.75, 3.05) is 5.32 Å². The van der Waals surface area contributed by atoms with E-state index in [1.54, 1.807) is 6.07 Å². The van der Waals surface area contributed by atoms with Gasteiger partial charge in [-0.1, -0.05) is 11.6 Å². The zero-order chi connectivity index (χ0) is 14.7. The fourth-order valence-corrected chi connectivity index (χ4v) is 2.15. The van der Waals surface area contributed by atoms with Crippen LogP contribution in [0.25, 0.3) is 0 Å².